The van der Waals surface area contributed by atoms with Crippen LogP contribution < -0.4 is 5.76 Å². The maximum Gasteiger partial charge on any atom is 0.417 e. The van der Waals surface area contributed by atoms with E-state index in [4.69, 9.17) is 9.52 Å². The van der Waals surface area contributed by atoms with Crippen LogP contribution in [0.2, 0.25) is 0 Å². The average molecular weight is 262 g/mol. The Morgan fingerprint density at radius 1 is 1.44 bits per heavy atom. The van der Waals surface area contributed by atoms with Crippen LogP contribution in [0.25, 0.3) is 21.7 Å². The second kappa shape index (κ2) is 3.81. The minimum absolute atomic E-state index is 0.00520. The van der Waals surface area contributed by atoms with Crippen molar-refractivity contribution in [3.05, 3.63) is 39.8 Å². The monoisotopic (exact) mass is 262 g/mol. The molecule has 0 radical (unpaired) electrons. The lowest BCUT2D eigenvalue weighted by Gasteiger charge is -1.94. The number of fused-ring (bicyclic) bond motifs is 1. The van der Waals surface area contributed by atoms with Gasteiger partial charge >= 0.3 is 11.7 Å². The van der Waals surface area contributed by atoms with Gasteiger partial charge in [0.05, 0.1) is 5.52 Å². The highest BCUT2D eigenvalue weighted by Gasteiger charge is 2.11. The van der Waals surface area contributed by atoms with Gasteiger partial charge in [-0.1, -0.05) is 0 Å². The van der Waals surface area contributed by atoms with Crippen molar-refractivity contribution >= 4 is 28.4 Å². The van der Waals surface area contributed by atoms with Gasteiger partial charge in [-0.2, -0.15) is 0 Å². The van der Waals surface area contributed by atoms with Gasteiger partial charge in [0.15, 0.2) is 11.3 Å². The molecule has 0 atom stereocenters. The predicted octanol–water partition coefficient (Wildman–Crippen LogP) is 1.94. The molecule has 0 amide bonds. The summed E-state index contributed by atoms with van der Waals surface area (Å²) < 4.78 is 4.93. The molecule has 0 unspecified atom stereocenters. The summed E-state index contributed by atoms with van der Waals surface area (Å²) in [7, 11) is 0. The van der Waals surface area contributed by atoms with Crippen LogP contribution in [0.15, 0.2) is 32.8 Å². The van der Waals surface area contributed by atoms with Crippen molar-refractivity contribution in [3.63, 3.8) is 0 Å². The molecule has 0 bridgehead atoms. The lowest BCUT2D eigenvalue weighted by molar-refractivity contribution is 0.0691. The van der Waals surface area contributed by atoms with Crippen LogP contribution in [0.4, 0.5) is 0 Å². The van der Waals surface area contributed by atoms with Gasteiger partial charge in [-0.3, -0.25) is 4.98 Å². The Labute approximate surface area is 104 Å². The molecule has 0 aliphatic carbocycles. The van der Waals surface area contributed by atoms with Crippen molar-refractivity contribution in [1.29, 1.82) is 0 Å². The number of benzene rings is 1. The highest BCUT2D eigenvalue weighted by atomic mass is 32.1. The van der Waals surface area contributed by atoms with E-state index in [9.17, 15) is 9.59 Å². The summed E-state index contributed by atoms with van der Waals surface area (Å²) in [4.78, 5) is 28.3. The molecule has 2 aromatic heterocycles. The van der Waals surface area contributed by atoms with E-state index in [1.54, 1.807) is 18.2 Å². The van der Waals surface area contributed by atoms with Crippen molar-refractivity contribution in [2.24, 2.45) is 0 Å². The number of nitrogens with zero attached hydrogens (tertiary/aromatic N) is 1. The third-order valence-electron chi connectivity index (χ3n) is 2.39. The first-order chi connectivity index (χ1) is 8.63. The summed E-state index contributed by atoms with van der Waals surface area (Å²) in [5.74, 6) is -1.58. The topological polar surface area (TPSA) is 96.2 Å². The summed E-state index contributed by atoms with van der Waals surface area (Å²) in [6.07, 6.45) is 0. The number of aromatic amines is 1. The Morgan fingerprint density at radius 2 is 2.28 bits per heavy atom. The van der Waals surface area contributed by atoms with E-state index >= 15 is 0 Å². The van der Waals surface area contributed by atoms with Crippen LogP contribution in [0.3, 0.4) is 0 Å². The summed E-state index contributed by atoms with van der Waals surface area (Å²) in [6.45, 7) is 0. The fourth-order valence-electron chi connectivity index (χ4n) is 1.58. The smallest absolute Gasteiger partial charge is 0.417 e. The maximum absolute atomic E-state index is 11.0. The summed E-state index contributed by atoms with van der Waals surface area (Å²) in [5.41, 5.74) is 1.73. The molecule has 6 nitrogen and oxygen atoms in total. The van der Waals surface area contributed by atoms with Gasteiger partial charge in [0.2, 0.25) is 0 Å². The predicted molar refractivity (Wildman–Crippen MR) is 64.9 cm³/mol. The number of thiazole rings is 1. The first-order valence-electron chi connectivity index (χ1n) is 4.95. The molecule has 0 saturated carbocycles. The number of hydrogen-bond acceptors (Lipinski definition) is 5. The number of rotatable bonds is 2. The van der Waals surface area contributed by atoms with Crippen molar-refractivity contribution < 1.29 is 14.3 Å². The summed E-state index contributed by atoms with van der Waals surface area (Å²) in [5, 5.41) is 10.8. The number of hydrogen-bond donors (Lipinski definition) is 2. The van der Waals surface area contributed by atoms with E-state index < -0.39 is 11.7 Å². The van der Waals surface area contributed by atoms with E-state index in [0.717, 1.165) is 0 Å². The van der Waals surface area contributed by atoms with Gasteiger partial charge in [0.1, 0.15) is 5.01 Å². The average Bonchev–Trinajstić information content (AvgIpc) is 2.91. The minimum atomic E-state index is -1.06. The Kier molecular flexibility index (Phi) is 2.27. The Bertz CT molecular complexity index is 799. The standard InChI is InChI=1S/C11H6N2O4S/c14-10(15)7-4-18-9(12-7)5-1-2-6-8(3-5)17-11(16)13-6/h1-4H,(H,13,16)(H,14,15). The number of carboxylic acids is 1. The van der Waals surface area contributed by atoms with E-state index in [1.807, 2.05) is 0 Å². The molecule has 18 heavy (non-hydrogen) atoms. The fraction of sp³-hybridized carbons (Fsp3) is 0. The van der Waals surface area contributed by atoms with Crippen LogP contribution >= 0.6 is 11.3 Å². The number of carbonyl (C=O) groups is 1. The van der Waals surface area contributed by atoms with E-state index in [1.165, 1.54) is 16.7 Å². The minimum Gasteiger partial charge on any atom is -0.476 e. The Hall–Kier alpha value is -2.41. The van der Waals surface area contributed by atoms with Crippen molar-refractivity contribution in [2.75, 3.05) is 0 Å². The van der Waals surface area contributed by atoms with Gasteiger partial charge < -0.3 is 9.52 Å². The number of aromatic carboxylic acids is 1. The van der Waals surface area contributed by atoms with Gasteiger partial charge in [-0.05, 0) is 18.2 Å². The second-order valence-electron chi connectivity index (χ2n) is 3.57. The molecule has 0 aliphatic rings. The molecule has 90 valence electrons. The SMILES string of the molecule is O=C(O)c1csc(-c2ccc3[nH]c(=O)oc3c2)n1. The molecule has 0 aliphatic heterocycles. The molecule has 0 saturated heterocycles. The first kappa shape index (κ1) is 10.7. The largest absolute Gasteiger partial charge is 0.476 e. The molecule has 0 fully saturated rings. The molecular formula is C11H6N2O4S. The first-order valence-corrected chi connectivity index (χ1v) is 5.83. The fourth-order valence-corrected chi connectivity index (χ4v) is 2.37. The van der Waals surface area contributed by atoms with E-state index in [-0.39, 0.29) is 5.69 Å². The van der Waals surface area contributed by atoms with Crippen molar-refractivity contribution in [3.8, 4) is 10.6 Å². The lowest BCUT2D eigenvalue weighted by Crippen LogP contribution is -1.95. The normalized spacial score (nSPS) is 10.9. The molecule has 7 heteroatoms. The van der Waals surface area contributed by atoms with Crippen LogP contribution in [0.1, 0.15) is 10.5 Å². The third-order valence-corrected chi connectivity index (χ3v) is 3.28. The van der Waals surface area contributed by atoms with Crippen LogP contribution in [0, 0.1) is 0 Å². The van der Waals surface area contributed by atoms with E-state index in [2.05, 4.69) is 9.97 Å². The maximum atomic E-state index is 11.0. The highest BCUT2D eigenvalue weighted by Crippen LogP contribution is 2.26. The summed E-state index contributed by atoms with van der Waals surface area (Å²) in [6, 6.07) is 5.09. The molecule has 1 aromatic carbocycles. The van der Waals surface area contributed by atoms with Crippen molar-refractivity contribution in [1.82, 2.24) is 9.97 Å². The molecule has 0 spiro atoms. The number of oxazole rings is 1. The third kappa shape index (κ3) is 1.70. The highest BCUT2D eigenvalue weighted by molar-refractivity contribution is 7.13. The van der Waals surface area contributed by atoms with Gasteiger partial charge in [0.25, 0.3) is 0 Å². The zero-order valence-electron chi connectivity index (χ0n) is 8.84. The zero-order chi connectivity index (χ0) is 12.7. The molecule has 3 rings (SSSR count). The molecule has 3 aromatic rings. The molecule has 2 N–H and O–H groups in total. The lowest BCUT2D eigenvalue weighted by atomic mass is 10.2. The van der Waals surface area contributed by atoms with Crippen LogP contribution in [0.5, 0.6) is 0 Å². The van der Waals surface area contributed by atoms with E-state index in [0.29, 0.717) is 21.7 Å². The Balaban J connectivity index is 2.12. The quantitative estimate of drug-likeness (QED) is 0.735. The summed E-state index contributed by atoms with van der Waals surface area (Å²) >= 11 is 1.22. The number of carboxylic acid groups (broad SMARTS) is 1. The van der Waals surface area contributed by atoms with Gasteiger partial charge in [-0.25, -0.2) is 14.6 Å². The number of aromatic nitrogens is 2. The van der Waals surface area contributed by atoms with Gasteiger partial charge in [-0.15, -0.1) is 11.3 Å². The second-order valence-corrected chi connectivity index (χ2v) is 4.43. The Morgan fingerprint density at radius 3 is 3.00 bits per heavy atom. The van der Waals surface area contributed by atoms with Crippen LogP contribution in [-0.2, 0) is 0 Å². The van der Waals surface area contributed by atoms with Crippen LogP contribution in [-0.4, -0.2) is 21.0 Å². The van der Waals surface area contributed by atoms with Crippen molar-refractivity contribution in [2.45, 2.75) is 0 Å². The molecular weight excluding hydrogens is 256 g/mol. The number of nitrogens with one attached hydrogen (secondary N) is 1. The number of H-pyrrole nitrogens is 1. The molecule has 2 heterocycles. The zero-order valence-corrected chi connectivity index (χ0v) is 9.65. The van der Waals surface area contributed by atoms with Gasteiger partial charge in [0, 0.05) is 10.9 Å².